The maximum Gasteiger partial charge on any atom is 0.124 e. The van der Waals surface area contributed by atoms with E-state index in [2.05, 4.69) is 15.9 Å². The van der Waals surface area contributed by atoms with Crippen LogP contribution in [-0.2, 0) is 6.61 Å². The van der Waals surface area contributed by atoms with Crippen LogP contribution in [0.1, 0.15) is 5.56 Å². The van der Waals surface area contributed by atoms with Crippen LogP contribution in [0.5, 0.6) is 0 Å². The van der Waals surface area contributed by atoms with Crippen molar-refractivity contribution in [3.8, 4) is 0 Å². The molecule has 0 unspecified atom stereocenters. The van der Waals surface area contributed by atoms with Gasteiger partial charge in [-0.25, -0.2) is 4.39 Å². The highest BCUT2D eigenvalue weighted by atomic mass is 79.9. The van der Waals surface area contributed by atoms with Crippen LogP contribution in [0, 0.1) is 5.82 Å². The van der Waals surface area contributed by atoms with E-state index in [1.165, 1.54) is 12.1 Å². The SMILES string of the molecule is OCc1cc(F)cc(Br)c1Cl. The second-order valence-corrected chi connectivity index (χ2v) is 3.25. The fraction of sp³-hybridized carbons (Fsp3) is 0.143. The maximum atomic E-state index is 12.6. The van der Waals surface area contributed by atoms with E-state index in [4.69, 9.17) is 16.7 Å². The monoisotopic (exact) mass is 238 g/mol. The fourth-order valence-corrected chi connectivity index (χ4v) is 1.37. The molecule has 0 spiro atoms. The summed E-state index contributed by atoms with van der Waals surface area (Å²) in [7, 11) is 0. The van der Waals surface area contributed by atoms with Crippen molar-refractivity contribution < 1.29 is 9.50 Å². The first-order chi connectivity index (χ1) is 5.15. The van der Waals surface area contributed by atoms with Crippen LogP contribution in [0.4, 0.5) is 4.39 Å². The molecule has 1 nitrogen and oxygen atoms in total. The molecule has 1 aromatic rings. The molecular weight excluding hydrogens is 234 g/mol. The van der Waals surface area contributed by atoms with Gasteiger partial charge in [-0.2, -0.15) is 0 Å². The quantitative estimate of drug-likeness (QED) is 0.747. The Hall–Kier alpha value is -0.120. The lowest BCUT2D eigenvalue weighted by molar-refractivity contribution is 0.281. The van der Waals surface area contributed by atoms with E-state index in [9.17, 15) is 4.39 Å². The van der Waals surface area contributed by atoms with E-state index in [0.29, 0.717) is 15.1 Å². The van der Waals surface area contributed by atoms with Crippen LogP contribution in [0.3, 0.4) is 0 Å². The lowest BCUT2D eigenvalue weighted by atomic mass is 10.2. The summed E-state index contributed by atoms with van der Waals surface area (Å²) in [6, 6.07) is 2.45. The number of hydrogen-bond acceptors (Lipinski definition) is 1. The lowest BCUT2D eigenvalue weighted by Crippen LogP contribution is -1.87. The third kappa shape index (κ3) is 1.92. The largest absolute Gasteiger partial charge is 0.392 e. The molecule has 0 aliphatic rings. The molecule has 0 fully saturated rings. The van der Waals surface area contributed by atoms with Crippen molar-refractivity contribution in [3.63, 3.8) is 0 Å². The number of aliphatic hydroxyl groups is 1. The van der Waals surface area contributed by atoms with Gasteiger partial charge in [-0.15, -0.1) is 0 Å². The minimum absolute atomic E-state index is 0.255. The van der Waals surface area contributed by atoms with Crippen LogP contribution in [0.15, 0.2) is 16.6 Å². The molecule has 0 aromatic heterocycles. The average Bonchev–Trinajstić information content (AvgIpc) is 1.96. The van der Waals surface area contributed by atoms with Gasteiger partial charge in [0.25, 0.3) is 0 Å². The maximum absolute atomic E-state index is 12.6. The average molecular weight is 239 g/mol. The summed E-state index contributed by atoms with van der Waals surface area (Å²) in [5, 5.41) is 9.05. The molecule has 0 aliphatic carbocycles. The molecule has 0 saturated heterocycles. The minimum atomic E-state index is -0.412. The first kappa shape index (κ1) is 8.97. The predicted octanol–water partition coefficient (Wildman–Crippen LogP) is 2.73. The zero-order valence-electron chi connectivity index (χ0n) is 5.44. The summed E-state index contributed by atoms with van der Waals surface area (Å²) in [4.78, 5) is 0. The van der Waals surface area contributed by atoms with Crippen molar-refractivity contribution in [2.24, 2.45) is 0 Å². The molecule has 1 rings (SSSR count). The molecule has 0 heterocycles. The summed E-state index contributed by atoms with van der Waals surface area (Å²) in [6.07, 6.45) is 0. The summed E-state index contributed by atoms with van der Waals surface area (Å²) < 4.78 is 13.1. The van der Waals surface area contributed by atoms with E-state index < -0.39 is 5.82 Å². The van der Waals surface area contributed by atoms with Crippen LogP contribution < -0.4 is 0 Å². The van der Waals surface area contributed by atoms with Gasteiger partial charge in [-0.3, -0.25) is 0 Å². The third-order valence-corrected chi connectivity index (χ3v) is 2.54. The van der Waals surface area contributed by atoms with E-state index >= 15 is 0 Å². The first-order valence-electron chi connectivity index (χ1n) is 2.89. The van der Waals surface area contributed by atoms with E-state index in [1.807, 2.05) is 0 Å². The Kier molecular flexibility index (Phi) is 2.87. The molecule has 0 radical (unpaired) electrons. The summed E-state index contributed by atoms with van der Waals surface area (Å²) >= 11 is 8.75. The Labute approximate surface area is 76.9 Å². The molecule has 0 saturated carbocycles. The Bertz CT molecular complexity index is 277. The highest BCUT2D eigenvalue weighted by molar-refractivity contribution is 9.10. The second kappa shape index (κ2) is 3.52. The van der Waals surface area contributed by atoms with Crippen molar-refractivity contribution in [2.75, 3.05) is 0 Å². The van der Waals surface area contributed by atoms with Gasteiger partial charge in [0, 0.05) is 10.0 Å². The summed E-state index contributed by atoms with van der Waals surface area (Å²) in [5.41, 5.74) is 0.388. The molecule has 0 atom stereocenters. The number of hydrogen-bond donors (Lipinski definition) is 1. The number of halogens is 3. The first-order valence-corrected chi connectivity index (χ1v) is 4.06. The van der Waals surface area contributed by atoms with Crippen LogP contribution in [0.2, 0.25) is 5.02 Å². The normalized spacial score (nSPS) is 10.2. The molecule has 11 heavy (non-hydrogen) atoms. The van der Waals surface area contributed by atoms with Gasteiger partial charge in [0.2, 0.25) is 0 Å². The lowest BCUT2D eigenvalue weighted by Gasteiger charge is -2.01. The summed E-state index contributed by atoms with van der Waals surface area (Å²) in [5.74, 6) is -0.412. The molecular formula is C7H5BrClFO. The van der Waals surface area contributed by atoms with Crippen molar-refractivity contribution in [3.05, 3.63) is 33.0 Å². The summed E-state index contributed by atoms with van der Waals surface area (Å²) in [6.45, 7) is -0.255. The standard InChI is InChI=1S/C7H5BrClFO/c8-6-2-5(10)1-4(3-11)7(6)9/h1-2,11H,3H2. The van der Waals surface area contributed by atoms with Gasteiger partial charge in [-0.1, -0.05) is 11.6 Å². The zero-order valence-corrected chi connectivity index (χ0v) is 7.78. The van der Waals surface area contributed by atoms with Crippen molar-refractivity contribution in [1.29, 1.82) is 0 Å². The van der Waals surface area contributed by atoms with Gasteiger partial charge < -0.3 is 5.11 Å². The van der Waals surface area contributed by atoms with Crippen molar-refractivity contribution in [1.82, 2.24) is 0 Å². The predicted molar refractivity (Wildman–Crippen MR) is 45.0 cm³/mol. The van der Waals surface area contributed by atoms with Gasteiger partial charge in [0.1, 0.15) is 5.82 Å². The number of rotatable bonds is 1. The van der Waals surface area contributed by atoms with E-state index in [0.717, 1.165) is 0 Å². The molecule has 0 amide bonds. The number of benzene rings is 1. The second-order valence-electron chi connectivity index (χ2n) is 2.02. The molecule has 1 aromatic carbocycles. The van der Waals surface area contributed by atoms with Gasteiger partial charge in [0.05, 0.1) is 11.6 Å². The topological polar surface area (TPSA) is 20.2 Å². The molecule has 1 N–H and O–H groups in total. The highest BCUT2D eigenvalue weighted by Gasteiger charge is 2.05. The number of aliphatic hydroxyl groups excluding tert-OH is 1. The van der Waals surface area contributed by atoms with Crippen LogP contribution in [0.25, 0.3) is 0 Å². The fourth-order valence-electron chi connectivity index (χ4n) is 0.724. The Morgan fingerprint density at radius 1 is 1.55 bits per heavy atom. The minimum Gasteiger partial charge on any atom is -0.392 e. The highest BCUT2D eigenvalue weighted by Crippen LogP contribution is 2.27. The molecule has 0 bridgehead atoms. The van der Waals surface area contributed by atoms with Gasteiger partial charge in [0.15, 0.2) is 0 Å². The van der Waals surface area contributed by atoms with E-state index in [1.54, 1.807) is 0 Å². The van der Waals surface area contributed by atoms with E-state index in [-0.39, 0.29) is 6.61 Å². The smallest absolute Gasteiger partial charge is 0.124 e. The van der Waals surface area contributed by atoms with Crippen LogP contribution >= 0.6 is 27.5 Å². The Balaban J connectivity index is 3.24. The van der Waals surface area contributed by atoms with Crippen molar-refractivity contribution >= 4 is 27.5 Å². The molecule has 0 aliphatic heterocycles. The van der Waals surface area contributed by atoms with Gasteiger partial charge in [-0.05, 0) is 28.1 Å². The Morgan fingerprint density at radius 3 is 2.73 bits per heavy atom. The van der Waals surface area contributed by atoms with Gasteiger partial charge >= 0.3 is 0 Å². The molecule has 4 heteroatoms. The van der Waals surface area contributed by atoms with Crippen molar-refractivity contribution in [2.45, 2.75) is 6.61 Å². The Morgan fingerprint density at radius 2 is 2.18 bits per heavy atom. The molecule has 60 valence electrons. The third-order valence-electron chi connectivity index (χ3n) is 1.24. The zero-order chi connectivity index (χ0) is 8.43. The van der Waals surface area contributed by atoms with Crippen LogP contribution in [-0.4, -0.2) is 5.11 Å².